The number of nitrogens with zero attached hydrogens (tertiary/aromatic N) is 2. The molecule has 4 nitrogen and oxygen atoms in total. The molecular weight excluding hydrogens is 156 g/mol. The fourth-order valence-corrected chi connectivity index (χ4v) is 0.828. The van der Waals surface area contributed by atoms with Gasteiger partial charge in [0.2, 0.25) is 0 Å². The average molecular weight is 170 g/mol. The first kappa shape index (κ1) is 11.1. The Balaban J connectivity index is 3.55. The summed E-state index contributed by atoms with van der Waals surface area (Å²) >= 11 is 0. The zero-order chi connectivity index (χ0) is 9.23. The Hall–Kier alpha value is -0.920. The molecular formula is C8H14N2O2. The van der Waals surface area contributed by atoms with E-state index in [-0.39, 0.29) is 0 Å². The van der Waals surface area contributed by atoms with E-state index in [1.165, 1.54) is 0 Å². The second-order valence-corrected chi connectivity index (χ2v) is 2.37. The van der Waals surface area contributed by atoms with Crippen molar-refractivity contribution in [2.24, 2.45) is 0 Å². The lowest BCUT2D eigenvalue weighted by molar-refractivity contribution is -0.109. The van der Waals surface area contributed by atoms with E-state index < -0.39 is 0 Å². The van der Waals surface area contributed by atoms with Crippen LogP contribution in [0.1, 0.15) is 6.42 Å². The highest BCUT2D eigenvalue weighted by Crippen LogP contribution is 1.89. The molecule has 0 aromatic rings. The summed E-state index contributed by atoms with van der Waals surface area (Å²) in [4.78, 5) is 12.1. The molecule has 0 atom stereocenters. The molecule has 0 bridgehead atoms. The van der Waals surface area contributed by atoms with Crippen LogP contribution in [0, 0.1) is 11.3 Å². The summed E-state index contributed by atoms with van der Waals surface area (Å²) in [5.41, 5.74) is 0. The highest BCUT2D eigenvalue weighted by atomic mass is 16.5. The molecule has 0 aromatic heterocycles. The molecule has 0 aliphatic heterocycles. The first-order chi connectivity index (χ1) is 5.85. The Bertz CT molecular complexity index is 154. The average Bonchev–Trinajstić information content (AvgIpc) is 2.10. The minimum atomic E-state index is 0.380. The van der Waals surface area contributed by atoms with E-state index in [2.05, 4.69) is 0 Å². The van der Waals surface area contributed by atoms with Crippen LogP contribution in [0.4, 0.5) is 0 Å². The Kier molecular flexibility index (Phi) is 7.55. The van der Waals surface area contributed by atoms with Gasteiger partial charge in [0.1, 0.15) is 6.29 Å². The predicted molar refractivity (Wildman–Crippen MR) is 44.6 cm³/mol. The van der Waals surface area contributed by atoms with Crippen LogP contribution in [-0.4, -0.2) is 44.5 Å². The summed E-state index contributed by atoms with van der Waals surface area (Å²) in [6, 6.07) is 2.03. The summed E-state index contributed by atoms with van der Waals surface area (Å²) in [5.74, 6) is 0. The minimum absolute atomic E-state index is 0.380. The molecule has 4 heteroatoms. The van der Waals surface area contributed by atoms with Gasteiger partial charge in [0, 0.05) is 26.6 Å². The van der Waals surface area contributed by atoms with E-state index in [9.17, 15) is 4.79 Å². The molecule has 0 aliphatic rings. The van der Waals surface area contributed by atoms with Gasteiger partial charge in [-0.2, -0.15) is 5.26 Å². The lowest BCUT2D eigenvalue weighted by atomic mass is 10.4. The van der Waals surface area contributed by atoms with Crippen LogP contribution >= 0.6 is 0 Å². The summed E-state index contributed by atoms with van der Waals surface area (Å²) in [6.07, 6.45) is 1.30. The van der Waals surface area contributed by atoms with Crippen molar-refractivity contribution >= 4 is 6.29 Å². The molecule has 0 aromatic carbocycles. The standard InChI is InChI=1S/C8H14N2O2/c1-12-8-6-10(5-7-11)4-2-3-9/h7H,2,4-6,8H2,1H3. The van der Waals surface area contributed by atoms with Crippen LogP contribution in [0.25, 0.3) is 0 Å². The van der Waals surface area contributed by atoms with Crippen molar-refractivity contribution in [3.63, 3.8) is 0 Å². The smallest absolute Gasteiger partial charge is 0.133 e. The van der Waals surface area contributed by atoms with Gasteiger partial charge in [-0.1, -0.05) is 0 Å². The molecule has 0 N–H and O–H groups in total. The lowest BCUT2D eigenvalue weighted by Gasteiger charge is -2.16. The maximum atomic E-state index is 10.2. The first-order valence-electron chi connectivity index (χ1n) is 3.87. The number of aldehydes is 1. The van der Waals surface area contributed by atoms with Crippen molar-refractivity contribution in [2.75, 3.05) is 33.4 Å². The van der Waals surface area contributed by atoms with Gasteiger partial charge in [0.25, 0.3) is 0 Å². The van der Waals surface area contributed by atoms with E-state index in [0.29, 0.717) is 32.7 Å². The molecule has 12 heavy (non-hydrogen) atoms. The van der Waals surface area contributed by atoms with Crippen molar-refractivity contribution in [3.05, 3.63) is 0 Å². The number of methoxy groups -OCH3 is 1. The number of carbonyl (C=O) groups is 1. The largest absolute Gasteiger partial charge is 0.383 e. The quantitative estimate of drug-likeness (QED) is 0.506. The predicted octanol–water partition coefficient (Wildman–Crippen LogP) is 0.0474. The van der Waals surface area contributed by atoms with E-state index in [4.69, 9.17) is 10.00 Å². The maximum Gasteiger partial charge on any atom is 0.133 e. The third kappa shape index (κ3) is 5.83. The molecule has 0 heterocycles. The highest BCUT2D eigenvalue weighted by Gasteiger charge is 2.01. The number of rotatable bonds is 7. The number of hydrogen-bond acceptors (Lipinski definition) is 4. The van der Waals surface area contributed by atoms with E-state index in [0.717, 1.165) is 6.29 Å². The van der Waals surface area contributed by atoms with Crippen molar-refractivity contribution in [1.82, 2.24) is 4.90 Å². The van der Waals surface area contributed by atoms with Crippen LogP contribution in [0.5, 0.6) is 0 Å². The van der Waals surface area contributed by atoms with Gasteiger partial charge < -0.3 is 9.53 Å². The Labute approximate surface area is 72.7 Å². The van der Waals surface area contributed by atoms with Crippen LogP contribution in [-0.2, 0) is 9.53 Å². The second kappa shape index (κ2) is 8.18. The topological polar surface area (TPSA) is 53.3 Å². The molecule has 0 unspecified atom stereocenters. The molecule has 0 saturated heterocycles. The van der Waals surface area contributed by atoms with E-state index >= 15 is 0 Å². The first-order valence-corrected chi connectivity index (χ1v) is 3.87. The minimum Gasteiger partial charge on any atom is -0.383 e. The van der Waals surface area contributed by atoms with Crippen LogP contribution in [0.15, 0.2) is 0 Å². The van der Waals surface area contributed by atoms with Gasteiger partial charge in [-0.25, -0.2) is 0 Å². The number of carbonyl (C=O) groups excluding carboxylic acids is 1. The van der Waals surface area contributed by atoms with Gasteiger partial charge >= 0.3 is 0 Å². The molecule has 68 valence electrons. The van der Waals surface area contributed by atoms with Gasteiger partial charge in [-0.3, -0.25) is 4.90 Å². The molecule has 0 saturated carbocycles. The normalized spacial score (nSPS) is 9.75. The number of ether oxygens (including phenoxy) is 1. The lowest BCUT2D eigenvalue weighted by Crippen LogP contribution is -2.30. The molecule has 0 amide bonds. The number of nitriles is 1. The van der Waals surface area contributed by atoms with Gasteiger partial charge in [-0.15, -0.1) is 0 Å². The zero-order valence-corrected chi connectivity index (χ0v) is 7.32. The molecule has 0 aliphatic carbocycles. The summed E-state index contributed by atoms with van der Waals surface area (Å²) in [5, 5.41) is 8.31. The second-order valence-electron chi connectivity index (χ2n) is 2.37. The van der Waals surface area contributed by atoms with Crippen LogP contribution < -0.4 is 0 Å². The number of hydrogen-bond donors (Lipinski definition) is 0. The van der Waals surface area contributed by atoms with Crippen LogP contribution in [0.2, 0.25) is 0 Å². The monoisotopic (exact) mass is 170 g/mol. The highest BCUT2D eigenvalue weighted by molar-refractivity contribution is 5.51. The van der Waals surface area contributed by atoms with Gasteiger partial charge in [0.05, 0.1) is 19.2 Å². The Morgan fingerprint density at radius 2 is 2.33 bits per heavy atom. The third-order valence-electron chi connectivity index (χ3n) is 1.48. The van der Waals surface area contributed by atoms with Crippen molar-refractivity contribution in [1.29, 1.82) is 5.26 Å². The summed E-state index contributed by atoms with van der Waals surface area (Å²) in [7, 11) is 1.61. The van der Waals surface area contributed by atoms with Crippen LogP contribution in [0.3, 0.4) is 0 Å². The SMILES string of the molecule is COCCN(CC=O)CCC#N. The molecule has 0 radical (unpaired) electrons. The fourth-order valence-electron chi connectivity index (χ4n) is 0.828. The van der Waals surface area contributed by atoms with Crippen molar-refractivity contribution < 1.29 is 9.53 Å². The summed E-state index contributed by atoms with van der Waals surface area (Å²) < 4.78 is 4.86. The van der Waals surface area contributed by atoms with Crippen molar-refractivity contribution in [3.8, 4) is 6.07 Å². The van der Waals surface area contributed by atoms with E-state index in [1.54, 1.807) is 7.11 Å². The fraction of sp³-hybridized carbons (Fsp3) is 0.750. The molecule has 0 fully saturated rings. The Morgan fingerprint density at radius 1 is 1.58 bits per heavy atom. The van der Waals surface area contributed by atoms with Gasteiger partial charge in [0.15, 0.2) is 0 Å². The Morgan fingerprint density at radius 3 is 2.83 bits per heavy atom. The van der Waals surface area contributed by atoms with Gasteiger partial charge in [-0.05, 0) is 0 Å². The maximum absolute atomic E-state index is 10.2. The molecule has 0 rings (SSSR count). The molecule has 0 spiro atoms. The third-order valence-corrected chi connectivity index (χ3v) is 1.48. The summed E-state index contributed by atoms with van der Waals surface area (Å²) in [6.45, 7) is 2.32. The van der Waals surface area contributed by atoms with Crippen molar-refractivity contribution in [2.45, 2.75) is 6.42 Å². The van der Waals surface area contributed by atoms with E-state index in [1.807, 2.05) is 11.0 Å². The zero-order valence-electron chi connectivity index (χ0n) is 7.32.